The number of carbonyl (C=O) groups excluding carboxylic acids is 1. The van der Waals surface area contributed by atoms with Gasteiger partial charge in [-0.2, -0.15) is 0 Å². The molecule has 6 nitrogen and oxygen atoms in total. The smallest absolute Gasteiger partial charge is 0.264 e. The van der Waals surface area contributed by atoms with Gasteiger partial charge in [0.1, 0.15) is 11.4 Å². The van der Waals surface area contributed by atoms with Gasteiger partial charge in [-0.1, -0.05) is 18.2 Å². The van der Waals surface area contributed by atoms with Crippen LogP contribution in [0.5, 0.6) is 5.75 Å². The summed E-state index contributed by atoms with van der Waals surface area (Å²) in [5.74, 6) is 0.889. The lowest BCUT2D eigenvalue weighted by Crippen LogP contribution is -2.68. The van der Waals surface area contributed by atoms with Crippen LogP contribution in [0.2, 0.25) is 0 Å². The van der Waals surface area contributed by atoms with Crippen molar-refractivity contribution < 1.29 is 19.0 Å². The fourth-order valence-electron chi connectivity index (χ4n) is 4.37. The molecule has 0 radical (unpaired) electrons. The van der Waals surface area contributed by atoms with Gasteiger partial charge in [0, 0.05) is 31.8 Å². The molecule has 3 aliphatic rings. The number of para-hydroxylation sites is 1. The number of ether oxygens (including phenoxy) is 3. The standard InChI is InChI=1S/C22H24N2O4/c25-21(20-11-17-3-1-2-4-19(17)28-20)24-14-22(15-24)12-18(7-10-27-22)26-13-16-5-8-23-9-6-16/h1-6,8-9,18,20H,7,10-15H2. The van der Waals surface area contributed by atoms with E-state index in [0.29, 0.717) is 32.7 Å². The molecule has 1 spiro atoms. The minimum atomic E-state index is -0.405. The van der Waals surface area contributed by atoms with Crippen LogP contribution in [-0.2, 0) is 27.3 Å². The second kappa shape index (κ2) is 7.18. The zero-order chi connectivity index (χ0) is 19.0. The average Bonchev–Trinajstić information content (AvgIpc) is 3.15. The molecule has 6 heteroatoms. The Hall–Kier alpha value is -2.44. The number of pyridine rings is 1. The summed E-state index contributed by atoms with van der Waals surface area (Å²) in [5.41, 5.74) is 1.97. The highest BCUT2D eigenvalue weighted by molar-refractivity contribution is 5.83. The van der Waals surface area contributed by atoms with Gasteiger partial charge >= 0.3 is 0 Å². The van der Waals surface area contributed by atoms with Crippen molar-refractivity contribution in [3.05, 3.63) is 59.9 Å². The van der Waals surface area contributed by atoms with E-state index >= 15 is 0 Å². The van der Waals surface area contributed by atoms with Gasteiger partial charge in [0.15, 0.2) is 6.10 Å². The van der Waals surface area contributed by atoms with Crippen LogP contribution < -0.4 is 4.74 Å². The molecule has 0 aliphatic carbocycles. The van der Waals surface area contributed by atoms with Crippen molar-refractivity contribution in [1.29, 1.82) is 0 Å². The molecular weight excluding hydrogens is 356 g/mol. The molecule has 28 heavy (non-hydrogen) atoms. The van der Waals surface area contributed by atoms with Gasteiger partial charge in [-0.25, -0.2) is 0 Å². The van der Waals surface area contributed by atoms with Crippen molar-refractivity contribution in [3.8, 4) is 5.75 Å². The molecule has 1 aromatic heterocycles. The number of rotatable bonds is 4. The number of nitrogens with zero attached hydrogens (tertiary/aromatic N) is 2. The van der Waals surface area contributed by atoms with E-state index in [9.17, 15) is 4.79 Å². The van der Waals surface area contributed by atoms with Gasteiger partial charge in [-0.15, -0.1) is 0 Å². The Morgan fingerprint density at radius 2 is 2.04 bits per heavy atom. The fraction of sp³-hybridized carbons (Fsp3) is 0.455. The lowest BCUT2D eigenvalue weighted by Gasteiger charge is -2.53. The first-order valence-electron chi connectivity index (χ1n) is 9.89. The SMILES string of the molecule is O=C(C1Cc2ccccc2O1)N1CC2(CC(OCc3ccncc3)CCO2)C1. The molecule has 1 amide bonds. The molecule has 3 aliphatic heterocycles. The van der Waals surface area contributed by atoms with Gasteiger partial charge in [-0.05, 0) is 35.7 Å². The largest absolute Gasteiger partial charge is 0.480 e. The van der Waals surface area contributed by atoms with E-state index in [0.717, 1.165) is 29.7 Å². The van der Waals surface area contributed by atoms with E-state index in [4.69, 9.17) is 14.2 Å². The number of benzene rings is 1. The molecule has 0 saturated carbocycles. The van der Waals surface area contributed by atoms with Gasteiger partial charge in [0.05, 0.1) is 25.8 Å². The Balaban J connectivity index is 1.14. The molecule has 2 atom stereocenters. The summed E-state index contributed by atoms with van der Waals surface area (Å²) < 4.78 is 18.0. The van der Waals surface area contributed by atoms with E-state index in [1.807, 2.05) is 41.3 Å². The van der Waals surface area contributed by atoms with E-state index < -0.39 is 6.10 Å². The van der Waals surface area contributed by atoms with Gasteiger partial charge in [-0.3, -0.25) is 9.78 Å². The Labute approximate surface area is 164 Å². The highest BCUT2D eigenvalue weighted by atomic mass is 16.5. The van der Waals surface area contributed by atoms with Crippen LogP contribution in [0.15, 0.2) is 48.8 Å². The topological polar surface area (TPSA) is 60.9 Å². The van der Waals surface area contributed by atoms with Crippen molar-refractivity contribution in [2.24, 2.45) is 0 Å². The summed E-state index contributed by atoms with van der Waals surface area (Å²) in [6, 6.07) is 11.8. The van der Waals surface area contributed by atoms with Crippen LogP contribution in [0.3, 0.4) is 0 Å². The average molecular weight is 380 g/mol. The quantitative estimate of drug-likeness (QED) is 0.815. The third kappa shape index (κ3) is 3.38. The Kier molecular flexibility index (Phi) is 4.53. The Bertz CT molecular complexity index is 826. The minimum Gasteiger partial charge on any atom is -0.480 e. The maximum atomic E-state index is 12.8. The predicted octanol–water partition coefficient (Wildman–Crippen LogP) is 2.36. The molecule has 2 fully saturated rings. The van der Waals surface area contributed by atoms with Crippen LogP contribution in [-0.4, -0.2) is 53.3 Å². The van der Waals surface area contributed by atoms with E-state index in [1.165, 1.54) is 0 Å². The molecule has 146 valence electrons. The molecule has 2 saturated heterocycles. The summed E-state index contributed by atoms with van der Waals surface area (Å²) in [6.45, 7) is 2.50. The van der Waals surface area contributed by atoms with Crippen LogP contribution in [0, 0.1) is 0 Å². The number of fused-ring (bicyclic) bond motifs is 1. The highest BCUT2D eigenvalue weighted by Gasteiger charge is 2.51. The van der Waals surface area contributed by atoms with Gasteiger partial charge in [0.25, 0.3) is 5.91 Å². The summed E-state index contributed by atoms with van der Waals surface area (Å²) in [7, 11) is 0. The number of hydrogen-bond acceptors (Lipinski definition) is 5. The van der Waals surface area contributed by atoms with Crippen LogP contribution in [0.4, 0.5) is 0 Å². The monoisotopic (exact) mass is 380 g/mol. The van der Waals surface area contributed by atoms with Crippen LogP contribution in [0.25, 0.3) is 0 Å². The summed E-state index contributed by atoms with van der Waals surface area (Å²) in [4.78, 5) is 18.7. The molecular formula is C22H24N2O4. The molecule has 0 bridgehead atoms. The van der Waals surface area contributed by atoms with Crippen molar-refractivity contribution in [2.45, 2.75) is 43.7 Å². The predicted molar refractivity (Wildman–Crippen MR) is 102 cm³/mol. The number of hydrogen-bond donors (Lipinski definition) is 0. The summed E-state index contributed by atoms with van der Waals surface area (Å²) in [5, 5.41) is 0. The molecule has 2 aromatic rings. The van der Waals surface area contributed by atoms with E-state index in [-0.39, 0.29) is 17.6 Å². The molecule has 2 unspecified atom stereocenters. The third-order valence-electron chi connectivity index (χ3n) is 5.88. The van der Waals surface area contributed by atoms with E-state index in [1.54, 1.807) is 12.4 Å². The molecule has 5 rings (SSSR count). The Morgan fingerprint density at radius 3 is 2.86 bits per heavy atom. The van der Waals surface area contributed by atoms with Gasteiger partial charge in [0.2, 0.25) is 0 Å². The zero-order valence-electron chi connectivity index (χ0n) is 15.8. The van der Waals surface area contributed by atoms with Crippen molar-refractivity contribution in [1.82, 2.24) is 9.88 Å². The van der Waals surface area contributed by atoms with Crippen molar-refractivity contribution in [2.75, 3.05) is 19.7 Å². The number of amides is 1. The van der Waals surface area contributed by atoms with Crippen LogP contribution in [0.1, 0.15) is 24.0 Å². The van der Waals surface area contributed by atoms with Gasteiger partial charge < -0.3 is 19.1 Å². The third-order valence-corrected chi connectivity index (χ3v) is 5.88. The highest BCUT2D eigenvalue weighted by Crippen LogP contribution is 2.37. The Morgan fingerprint density at radius 1 is 1.21 bits per heavy atom. The molecule has 1 aromatic carbocycles. The molecule has 0 N–H and O–H groups in total. The summed E-state index contributed by atoms with van der Waals surface area (Å²) >= 11 is 0. The first kappa shape index (κ1) is 17.6. The van der Waals surface area contributed by atoms with Crippen molar-refractivity contribution >= 4 is 5.91 Å². The number of aromatic nitrogens is 1. The van der Waals surface area contributed by atoms with Crippen molar-refractivity contribution in [3.63, 3.8) is 0 Å². The van der Waals surface area contributed by atoms with E-state index in [2.05, 4.69) is 4.98 Å². The number of likely N-dealkylation sites (tertiary alicyclic amines) is 1. The van der Waals surface area contributed by atoms with Crippen LogP contribution >= 0.6 is 0 Å². The second-order valence-corrected chi connectivity index (χ2v) is 7.93. The lowest BCUT2D eigenvalue weighted by atomic mass is 9.84. The summed E-state index contributed by atoms with van der Waals surface area (Å²) in [6.07, 6.45) is 5.68. The first-order valence-corrected chi connectivity index (χ1v) is 9.89. The molecule has 4 heterocycles. The fourth-order valence-corrected chi connectivity index (χ4v) is 4.37. The first-order chi connectivity index (χ1) is 13.7. The minimum absolute atomic E-state index is 0.0604. The zero-order valence-corrected chi connectivity index (χ0v) is 15.8. The lowest BCUT2D eigenvalue weighted by molar-refractivity contribution is -0.205. The number of carbonyl (C=O) groups is 1. The maximum absolute atomic E-state index is 12.8. The second-order valence-electron chi connectivity index (χ2n) is 7.93. The maximum Gasteiger partial charge on any atom is 0.264 e. The normalized spacial score (nSPS) is 25.1.